The van der Waals surface area contributed by atoms with Gasteiger partial charge in [-0.15, -0.1) is 0 Å². The molecule has 0 saturated heterocycles. The van der Waals surface area contributed by atoms with Crippen LogP contribution in [0.3, 0.4) is 0 Å². The molecule has 0 heterocycles. The first-order valence-electron chi connectivity index (χ1n) is 9.91. The van der Waals surface area contributed by atoms with Crippen LogP contribution < -0.4 is 10.5 Å². The second-order valence-corrected chi connectivity index (χ2v) is 7.17. The third kappa shape index (κ3) is 21.8. The number of esters is 1. The number of amides is 1. The van der Waals surface area contributed by atoms with Crippen LogP contribution in [0.4, 0.5) is 4.79 Å². The van der Waals surface area contributed by atoms with Crippen LogP contribution in [0, 0.1) is 0 Å². The minimum Gasteiger partial charge on any atom is -0.487 e. The molecule has 1 aromatic carbocycles. The van der Waals surface area contributed by atoms with Gasteiger partial charge in [-0.2, -0.15) is 0 Å². The molecule has 0 spiro atoms. The smallest absolute Gasteiger partial charge is 0.405 e. The second-order valence-electron chi connectivity index (χ2n) is 7.17. The molecule has 0 aliphatic carbocycles. The molecule has 28 heavy (non-hydrogen) atoms. The number of ether oxygens (including phenoxy) is 3. The maximum atomic E-state index is 10.9. The van der Waals surface area contributed by atoms with E-state index in [9.17, 15) is 9.59 Å². The van der Waals surface area contributed by atoms with Crippen molar-refractivity contribution in [3.63, 3.8) is 0 Å². The van der Waals surface area contributed by atoms with Gasteiger partial charge in [0.2, 0.25) is 0 Å². The summed E-state index contributed by atoms with van der Waals surface area (Å²) >= 11 is 0. The monoisotopic (exact) mass is 397 g/mol. The molecule has 162 valence electrons. The summed E-state index contributed by atoms with van der Waals surface area (Å²) < 4.78 is 15.1. The normalized spacial score (nSPS) is 11.0. The average molecular weight is 398 g/mol. The Bertz CT molecular complexity index is 509. The first kappa shape index (κ1) is 28.0. The largest absolute Gasteiger partial charge is 0.487 e. The van der Waals surface area contributed by atoms with Crippen LogP contribution in [0.1, 0.15) is 74.1 Å². The SMILES string of the molecule is CC(C)(C)OC(N)=O.CCC(=O)OCC(C)Oc1ccccc1.CCCCC. The molecule has 1 aromatic rings. The summed E-state index contributed by atoms with van der Waals surface area (Å²) in [5.74, 6) is 0.594. The number of hydrogen-bond donors (Lipinski definition) is 1. The van der Waals surface area contributed by atoms with Gasteiger partial charge < -0.3 is 19.9 Å². The molecule has 0 saturated carbocycles. The molecule has 2 N–H and O–H groups in total. The third-order valence-electron chi connectivity index (χ3n) is 2.96. The van der Waals surface area contributed by atoms with Crippen molar-refractivity contribution in [1.82, 2.24) is 0 Å². The maximum Gasteiger partial charge on any atom is 0.405 e. The summed E-state index contributed by atoms with van der Waals surface area (Å²) in [6.45, 7) is 13.6. The zero-order valence-electron chi connectivity index (χ0n) is 18.6. The van der Waals surface area contributed by atoms with E-state index >= 15 is 0 Å². The van der Waals surface area contributed by atoms with E-state index in [1.54, 1.807) is 27.7 Å². The fourth-order valence-electron chi connectivity index (χ4n) is 1.73. The molecule has 0 aliphatic rings. The van der Waals surface area contributed by atoms with E-state index in [1.165, 1.54) is 19.3 Å². The van der Waals surface area contributed by atoms with E-state index < -0.39 is 11.7 Å². The van der Waals surface area contributed by atoms with E-state index in [4.69, 9.17) is 15.2 Å². The van der Waals surface area contributed by atoms with Crippen molar-refractivity contribution in [3.8, 4) is 5.75 Å². The number of primary amides is 1. The Hall–Kier alpha value is -2.24. The van der Waals surface area contributed by atoms with Crippen molar-refractivity contribution < 1.29 is 23.8 Å². The molecule has 0 fully saturated rings. The number of carbonyl (C=O) groups is 2. The minimum absolute atomic E-state index is 0.122. The van der Waals surface area contributed by atoms with Gasteiger partial charge in [-0.05, 0) is 39.8 Å². The summed E-state index contributed by atoms with van der Waals surface area (Å²) in [6.07, 6.45) is 3.63. The van der Waals surface area contributed by atoms with Gasteiger partial charge in [0.25, 0.3) is 0 Å². The highest BCUT2D eigenvalue weighted by atomic mass is 16.6. The Morgan fingerprint density at radius 2 is 1.57 bits per heavy atom. The third-order valence-corrected chi connectivity index (χ3v) is 2.96. The number of carbonyl (C=O) groups excluding carboxylic acids is 2. The first-order chi connectivity index (χ1) is 13.1. The zero-order chi connectivity index (χ0) is 22.0. The molecular formula is C22H39NO5. The zero-order valence-corrected chi connectivity index (χ0v) is 18.6. The van der Waals surface area contributed by atoms with Crippen LogP contribution in [0.25, 0.3) is 0 Å². The lowest BCUT2D eigenvalue weighted by molar-refractivity contribution is -0.145. The standard InChI is InChI=1S/C12H16O3.C5H11NO2.C5H12/c1-3-12(13)14-9-10(2)15-11-7-5-4-6-8-11;1-5(2,3)8-4(6)7;1-3-5-4-2/h4-8,10H,3,9H2,1-2H3;1-3H3,(H2,6,7);3-5H2,1-2H3. The van der Waals surface area contributed by atoms with Crippen LogP contribution in [-0.4, -0.2) is 30.4 Å². The topological polar surface area (TPSA) is 87.9 Å². The number of nitrogens with two attached hydrogens (primary N) is 1. The van der Waals surface area contributed by atoms with Crippen molar-refractivity contribution in [2.45, 2.75) is 85.9 Å². The molecule has 0 bridgehead atoms. The van der Waals surface area contributed by atoms with Crippen molar-refractivity contribution in [2.75, 3.05) is 6.61 Å². The second kappa shape index (κ2) is 16.9. The van der Waals surface area contributed by atoms with E-state index in [0.717, 1.165) is 5.75 Å². The number of unbranched alkanes of at least 4 members (excludes halogenated alkanes) is 2. The van der Waals surface area contributed by atoms with Gasteiger partial charge in [-0.3, -0.25) is 4.79 Å². The summed E-state index contributed by atoms with van der Waals surface area (Å²) in [4.78, 5) is 20.9. The molecule has 0 aromatic heterocycles. The predicted octanol–water partition coefficient (Wildman–Crippen LogP) is 5.48. The Labute approximate surface area is 170 Å². The molecule has 1 unspecified atom stereocenters. The first-order valence-corrected chi connectivity index (χ1v) is 9.91. The van der Waals surface area contributed by atoms with Crippen LogP contribution in [-0.2, 0) is 14.3 Å². The highest BCUT2D eigenvalue weighted by Gasteiger charge is 2.12. The van der Waals surface area contributed by atoms with Gasteiger partial charge in [-0.25, -0.2) is 4.79 Å². The number of benzene rings is 1. The lowest BCUT2D eigenvalue weighted by Crippen LogP contribution is -2.27. The van der Waals surface area contributed by atoms with Gasteiger partial charge in [0.05, 0.1) is 0 Å². The molecular weight excluding hydrogens is 358 g/mol. The average Bonchev–Trinajstić information content (AvgIpc) is 2.60. The Morgan fingerprint density at radius 3 is 1.89 bits per heavy atom. The maximum absolute atomic E-state index is 10.9. The molecule has 0 aliphatic heterocycles. The van der Waals surface area contributed by atoms with Crippen molar-refractivity contribution in [3.05, 3.63) is 30.3 Å². The Balaban J connectivity index is 0. The predicted molar refractivity (Wildman–Crippen MR) is 113 cm³/mol. The van der Waals surface area contributed by atoms with Crippen LogP contribution in [0.15, 0.2) is 30.3 Å². The summed E-state index contributed by atoms with van der Waals surface area (Å²) in [7, 11) is 0. The molecule has 1 atom stereocenters. The summed E-state index contributed by atoms with van der Waals surface area (Å²) in [6, 6.07) is 9.48. The molecule has 6 nitrogen and oxygen atoms in total. The number of hydrogen-bond acceptors (Lipinski definition) is 5. The van der Waals surface area contributed by atoms with E-state index in [-0.39, 0.29) is 12.1 Å². The van der Waals surface area contributed by atoms with E-state index in [1.807, 2.05) is 37.3 Å². The lowest BCUT2D eigenvalue weighted by atomic mass is 10.2. The number of rotatable bonds is 7. The molecule has 1 amide bonds. The highest BCUT2D eigenvalue weighted by Crippen LogP contribution is 2.10. The fraction of sp³-hybridized carbons (Fsp3) is 0.636. The van der Waals surface area contributed by atoms with Crippen LogP contribution >= 0.6 is 0 Å². The molecule has 1 rings (SSSR count). The van der Waals surface area contributed by atoms with Gasteiger partial charge in [0.1, 0.15) is 24.1 Å². The number of para-hydroxylation sites is 1. The van der Waals surface area contributed by atoms with Crippen LogP contribution in [0.5, 0.6) is 5.75 Å². The van der Waals surface area contributed by atoms with E-state index in [2.05, 4.69) is 18.6 Å². The highest BCUT2D eigenvalue weighted by molar-refractivity contribution is 5.68. The minimum atomic E-state index is -0.725. The summed E-state index contributed by atoms with van der Waals surface area (Å²) in [5, 5.41) is 0. The molecule has 0 radical (unpaired) electrons. The van der Waals surface area contributed by atoms with Crippen molar-refractivity contribution in [2.24, 2.45) is 5.73 Å². The van der Waals surface area contributed by atoms with E-state index in [0.29, 0.717) is 13.0 Å². The fourth-order valence-corrected chi connectivity index (χ4v) is 1.73. The van der Waals surface area contributed by atoms with Crippen molar-refractivity contribution >= 4 is 12.1 Å². The van der Waals surface area contributed by atoms with Crippen molar-refractivity contribution in [1.29, 1.82) is 0 Å². The quantitative estimate of drug-likeness (QED) is 0.615. The molecule has 6 heteroatoms. The Morgan fingerprint density at radius 1 is 1.04 bits per heavy atom. The van der Waals surface area contributed by atoms with Gasteiger partial charge >= 0.3 is 12.1 Å². The van der Waals surface area contributed by atoms with Gasteiger partial charge in [0, 0.05) is 6.42 Å². The van der Waals surface area contributed by atoms with Crippen LogP contribution in [0.2, 0.25) is 0 Å². The lowest BCUT2D eigenvalue weighted by Gasteiger charge is -2.16. The van der Waals surface area contributed by atoms with Gasteiger partial charge in [0.15, 0.2) is 0 Å². The van der Waals surface area contributed by atoms with Gasteiger partial charge in [-0.1, -0.05) is 58.2 Å². The Kier molecular flexibility index (Phi) is 16.9. The summed E-state index contributed by atoms with van der Waals surface area (Å²) in [5.41, 5.74) is 4.26.